The number of ether oxygens (including phenoxy) is 1. The highest BCUT2D eigenvalue weighted by molar-refractivity contribution is 7.99. The van der Waals surface area contributed by atoms with E-state index in [0.29, 0.717) is 17.9 Å². The Morgan fingerprint density at radius 2 is 1.78 bits per heavy atom. The monoisotopic (exact) mass is 470 g/mol. The van der Waals surface area contributed by atoms with Crippen LogP contribution >= 0.6 is 23.5 Å². The van der Waals surface area contributed by atoms with Gasteiger partial charge in [-0.15, -0.1) is 23.5 Å². The van der Waals surface area contributed by atoms with Gasteiger partial charge in [-0.2, -0.15) is 0 Å². The van der Waals surface area contributed by atoms with Crippen LogP contribution in [0.25, 0.3) is 0 Å². The molecule has 0 bridgehead atoms. The molecule has 168 valence electrons. The van der Waals surface area contributed by atoms with E-state index in [4.69, 9.17) is 9.26 Å². The van der Waals surface area contributed by atoms with E-state index in [0.717, 1.165) is 34.1 Å². The summed E-state index contributed by atoms with van der Waals surface area (Å²) in [4.78, 5) is 26.6. The Hall–Kier alpha value is -2.71. The van der Waals surface area contributed by atoms with Crippen LogP contribution in [0.1, 0.15) is 33.8 Å². The predicted octanol–water partition coefficient (Wildman–Crippen LogP) is 5.04. The molecule has 0 aliphatic carbocycles. The van der Waals surface area contributed by atoms with E-state index >= 15 is 0 Å². The highest BCUT2D eigenvalue weighted by atomic mass is 32.2. The number of nitrogens with one attached hydrogen (secondary N) is 1. The minimum absolute atomic E-state index is 0.298. The van der Waals surface area contributed by atoms with Gasteiger partial charge in [0.1, 0.15) is 5.76 Å². The zero-order chi connectivity index (χ0) is 22.8. The average molecular weight is 471 g/mol. The van der Waals surface area contributed by atoms with Crippen LogP contribution in [0.4, 0.5) is 0 Å². The maximum atomic E-state index is 12.5. The molecule has 8 heteroatoms. The normalized spacial score (nSPS) is 10.7. The minimum atomic E-state index is -0.512. The van der Waals surface area contributed by atoms with Crippen LogP contribution in [-0.4, -0.2) is 35.9 Å². The molecule has 0 aliphatic rings. The molecule has 0 unspecified atom stereocenters. The first-order valence-electron chi connectivity index (χ1n) is 10.3. The lowest BCUT2D eigenvalue weighted by Crippen LogP contribution is -2.29. The summed E-state index contributed by atoms with van der Waals surface area (Å²) in [7, 11) is 0. The van der Waals surface area contributed by atoms with E-state index in [1.807, 2.05) is 44.2 Å². The van der Waals surface area contributed by atoms with Gasteiger partial charge in [0.2, 0.25) is 0 Å². The maximum absolute atomic E-state index is 12.5. The Kier molecular flexibility index (Phi) is 9.25. The SMILES string of the molecule is Cc1noc(C)c1CSc1ccccc1C(=O)OCC(=O)NCCCSc1ccccc1. The number of carbonyl (C=O) groups is 2. The van der Waals surface area contributed by atoms with Crippen LogP contribution in [0.3, 0.4) is 0 Å². The molecule has 0 atom stereocenters. The van der Waals surface area contributed by atoms with Crippen LogP contribution in [0.5, 0.6) is 0 Å². The fraction of sp³-hybridized carbons (Fsp3) is 0.292. The Labute approximate surface area is 196 Å². The zero-order valence-corrected chi connectivity index (χ0v) is 19.8. The smallest absolute Gasteiger partial charge is 0.339 e. The second kappa shape index (κ2) is 12.4. The quantitative estimate of drug-likeness (QED) is 0.239. The van der Waals surface area contributed by atoms with Gasteiger partial charge in [0, 0.05) is 27.7 Å². The van der Waals surface area contributed by atoms with Gasteiger partial charge in [-0.05, 0) is 50.3 Å². The number of esters is 1. The summed E-state index contributed by atoms with van der Waals surface area (Å²) in [5, 5.41) is 6.75. The van der Waals surface area contributed by atoms with Crippen molar-refractivity contribution in [3.8, 4) is 0 Å². The van der Waals surface area contributed by atoms with Crippen molar-refractivity contribution in [1.82, 2.24) is 10.5 Å². The topological polar surface area (TPSA) is 81.4 Å². The van der Waals surface area contributed by atoms with E-state index in [2.05, 4.69) is 22.6 Å². The minimum Gasteiger partial charge on any atom is -0.452 e. The van der Waals surface area contributed by atoms with Crippen molar-refractivity contribution >= 4 is 35.4 Å². The molecule has 1 amide bonds. The zero-order valence-electron chi connectivity index (χ0n) is 18.1. The summed E-state index contributed by atoms with van der Waals surface area (Å²) in [5.74, 6) is 1.49. The van der Waals surface area contributed by atoms with Gasteiger partial charge in [0.15, 0.2) is 6.61 Å². The summed E-state index contributed by atoms with van der Waals surface area (Å²) < 4.78 is 10.4. The fourth-order valence-corrected chi connectivity index (χ4v) is 4.95. The van der Waals surface area contributed by atoms with E-state index in [9.17, 15) is 9.59 Å². The first kappa shape index (κ1) is 23.9. The van der Waals surface area contributed by atoms with Crippen molar-refractivity contribution < 1.29 is 18.8 Å². The van der Waals surface area contributed by atoms with Gasteiger partial charge in [-0.3, -0.25) is 4.79 Å². The molecule has 0 spiro atoms. The van der Waals surface area contributed by atoms with Gasteiger partial charge < -0.3 is 14.6 Å². The molecule has 2 aromatic carbocycles. The highest BCUT2D eigenvalue weighted by Gasteiger charge is 2.16. The van der Waals surface area contributed by atoms with E-state index in [1.54, 1.807) is 23.9 Å². The van der Waals surface area contributed by atoms with E-state index < -0.39 is 5.97 Å². The van der Waals surface area contributed by atoms with E-state index in [1.165, 1.54) is 16.7 Å². The van der Waals surface area contributed by atoms with Crippen LogP contribution in [-0.2, 0) is 15.3 Å². The Morgan fingerprint density at radius 3 is 2.53 bits per heavy atom. The Morgan fingerprint density at radius 1 is 1.03 bits per heavy atom. The number of thioether (sulfide) groups is 2. The first-order chi connectivity index (χ1) is 15.5. The van der Waals surface area contributed by atoms with Crippen LogP contribution in [0.15, 0.2) is 68.9 Å². The van der Waals surface area contributed by atoms with Crippen LogP contribution in [0.2, 0.25) is 0 Å². The molecule has 0 aliphatic heterocycles. The number of hydrogen-bond acceptors (Lipinski definition) is 7. The third kappa shape index (κ3) is 7.17. The van der Waals surface area contributed by atoms with Gasteiger partial charge in [0.25, 0.3) is 5.91 Å². The average Bonchev–Trinajstić information content (AvgIpc) is 3.13. The van der Waals surface area contributed by atoms with Crippen LogP contribution in [0, 0.1) is 13.8 Å². The van der Waals surface area contributed by atoms with E-state index in [-0.39, 0.29) is 12.5 Å². The largest absolute Gasteiger partial charge is 0.452 e. The lowest BCUT2D eigenvalue weighted by atomic mass is 10.2. The molecule has 1 N–H and O–H groups in total. The molecule has 0 radical (unpaired) electrons. The summed E-state index contributed by atoms with van der Waals surface area (Å²) in [6, 6.07) is 17.3. The third-order valence-corrected chi connectivity index (χ3v) is 6.85. The third-order valence-electron chi connectivity index (χ3n) is 4.65. The number of benzene rings is 2. The standard InChI is InChI=1S/C24H26N2O4S2/c1-17-21(18(2)30-26-17)16-32-22-12-7-6-11-20(22)24(28)29-15-23(27)25-13-8-14-31-19-9-4-3-5-10-19/h3-7,9-12H,8,13-16H2,1-2H3,(H,25,27). The van der Waals surface area contributed by atoms with Crippen molar-refractivity contribution in [2.24, 2.45) is 0 Å². The number of amides is 1. The summed E-state index contributed by atoms with van der Waals surface area (Å²) in [6.07, 6.45) is 0.834. The Balaban J connectivity index is 1.41. The lowest BCUT2D eigenvalue weighted by molar-refractivity contribution is -0.124. The number of aromatic nitrogens is 1. The second-order valence-electron chi connectivity index (χ2n) is 7.03. The van der Waals surface area contributed by atoms with Gasteiger partial charge in [-0.25, -0.2) is 4.79 Å². The fourth-order valence-electron chi connectivity index (χ4n) is 2.89. The number of hydrogen-bond donors (Lipinski definition) is 1. The highest BCUT2D eigenvalue weighted by Crippen LogP contribution is 2.29. The van der Waals surface area contributed by atoms with Crippen molar-refractivity contribution in [3.63, 3.8) is 0 Å². The predicted molar refractivity (Wildman–Crippen MR) is 127 cm³/mol. The summed E-state index contributed by atoms with van der Waals surface area (Å²) >= 11 is 3.26. The summed E-state index contributed by atoms with van der Waals surface area (Å²) in [5.41, 5.74) is 2.30. The maximum Gasteiger partial charge on any atom is 0.339 e. The molecule has 32 heavy (non-hydrogen) atoms. The lowest BCUT2D eigenvalue weighted by Gasteiger charge is -2.10. The van der Waals surface area contributed by atoms with Gasteiger partial charge in [-0.1, -0.05) is 35.5 Å². The number of rotatable bonds is 11. The molecule has 0 fully saturated rings. The van der Waals surface area contributed by atoms with Gasteiger partial charge >= 0.3 is 5.97 Å². The molecule has 6 nitrogen and oxygen atoms in total. The molecule has 1 aromatic heterocycles. The van der Waals surface area contributed by atoms with Crippen molar-refractivity contribution in [2.75, 3.05) is 18.9 Å². The molecular formula is C24H26N2O4S2. The van der Waals surface area contributed by atoms with Crippen molar-refractivity contribution in [3.05, 3.63) is 77.2 Å². The number of nitrogens with zero attached hydrogens (tertiary/aromatic N) is 1. The molecule has 0 saturated heterocycles. The second-order valence-corrected chi connectivity index (χ2v) is 9.21. The molecule has 3 aromatic rings. The van der Waals surface area contributed by atoms with Crippen molar-refractivity contribution in [2.45, 2.75) is 35.8 Å². The first-order valence-corrected chi connectivity index (χ1v) is 12.3. The molecule has 1 heterocycles. The van der Waals surface area contributed by atoms with Gasteiger partial charge in [0.05, 0.1) is 11.3 Å². The molecule has 3 rings (SSSR count). The van der Waals surface area contributed by atoms with Crippen molar-refractivity contribution in [1.29, 1.82) is 0 Å². The Bertz CT molecular complexity index is 1020. The number of carbonyl (C=O) groups excluding carboxylic acids is 2. The summed E-state index contributed by atoms with van der Waals surface area (Å²) in [6.45, 7) is 4.01. The number of aryl methyl sites for hydroxylation is 2. The van der Waals surface area contributed by atoms with Crippen LogP contribution < -0.4 is 5.32 Å². The molecule has 0 saturated carbocycles. The molecular weight excluding hydrogens is 444 g/mol.